The molecule has 5 nitrogen and oxygen atoms in total. The van der Waals surface area contributed by atoms with E-state index in [0.29, 0.717) is 0 Å². The smallest absolute Gasteiger partial charge is 0.239 e. The number of carbonyl (C=O) groups excluding carboxylic acids is 1. The van der Waals surface area contributed by atoms with Crippen LogP contribution in [0.15, 0.2) is 0 Å². The average Bonchev–Trinajstić information content (AvgIpc) is 2.83. The minimum atomic E-state index is -0.349. The van der Waals surface area contributed by atoms with E-state index in [1.807, 2.05) is 18.7 Å². The van der Waals surface area contributed by atoms with E-state index < -0.39 is 0 Å². The van der Waals surface area contributed by atoms with Gasteiger partial charge in [-0.05, 0) is 32.6 Å². The number of amides is 1. The fourth-order valence-corrected chi connectivity index (χ4v) is 3.63. The molecule has 2 fully saturated rings. The molecule has 1 amide bonds. The summed E-state index contributed by atoms with van der Waals surface area (Å²) in [7, 11) is 0. The van der Waals surface area contributed by atoms with E-state index in [0.717, 1.165) is 51.4 Å². The van der Waals surface area contributed by atoms with Crippen LogP contribution in [0.5, 0.6) is 0 Å². The lowest BCUT2D eigenvalue weighted by Gasteiger charge is -2.37. The fourth-order valence-electron chi connectivity index (χ4n) is 3.63. The van der Waals surface area contributed by atoms with Crippen molar-refractivity contribution in [2.24, 2.45) is 11.7 Å². The van der Waals surface area contributed by atoms with Crippen LogP contribution >= 0.6 is 0 Å². The number of hydrogen-bond acceptors (Lipinski definition) is 4. The largest absolute Gasteiger partial charge is 0.339 e. The van der Waals surface area contributed by atoms with Gasteiger partial charge < -0.3 is 10.6 Å². The van der Waals surface area contributed by atoms with Gasteiger partial charge in [-0.2, -0.15) is 0 Å². The van der Waals surface area contributed by atoms with Crippen LogP contribution in [-0.2, 0) is 4.79 Å². The SMILES string of the molecule is CC(C)[C@H](N)C(=O)N1CCN(CCN2[C@@H](C)CC[C@@H]2C)CC1. The van der Waals surface area contributed by atoms with Crippen LogP contribution in [0.2, 0.25) is 0 Å². The normalized spacial score (nSPS) is 29.3. The van der Waals surface area contributed by atoms with E-state index >= 15 is 0 Å². The topological polar surface area (TPSA) is 52.8 Å². The Kier molecular flexibility index (Phi) is 6.24. The molecule has 0 aromatic heterocycles. The molecule has 0 spiro atoms. The van der Waals surface area contributed by atoms with Crippen molar-refractivity contribution in [2.75, 3.05) is 39.3 Å². The van der Waals surface area contributed by atoms with Crippen molar-refractivity contribution in [1.82, 2.24) is 14.7 Å². The van der Waals surface area contributed by atoms with E-state index in [-0.39, 0.29) is 17.9 Å². The minimum absolute atomic E-state index is 0.122. The molecule has 2 N–H and O–H groups in total. The molecule has 0 bridgehead atoms. The number of nitrogens with zero attached hydrogens (tertiary/aromatic N) is 3. The van der Waals surface area contributed by atoms with Crippen LogP contribution in [0.4, 0.5) is 0 Å². The maximum Gasteiger partial charge on any atom is 0.239 e. The molecule has 3 atom stereocenters. The molecule has 5 heteroatoms. The highest BCUT2D eigenvalue weighted by atomic mass is 16.2. The van der Waals surface area contributed by atoms with Gasteiger partial charge in [-0.1, -0.05) is 13.8 Å². The lowest BCUT2D eigenvalue weighted by molar-refractivity contribution is -0.135. The number of carbonyl (C=O) groups is 1. The Labute approximate surface area is 135 Å². The van der Waals surface area contributed by atoms with E-state index in [2.05, 4.69) is 23.6 Å². The Hall–Kier alpha value is -0.650. The van der Waals surface area contributed by atoms with Gasteiger partial charge in [-0.3, -0.25) is 14.6 Å². The molecule has 0 unspecified atom stereocenters. The van der Waals surface area contributed by atoms with Crippen LogP contribution in [0.25, 0.3) is 0 Å². The summed E-state index contributed by atoms with van der Waals surface area (Å²) in [5.41, 5.74) is 5.99. The molecular formula is C17H34N4O. The van der Waals surface area contributed by atoms with Crippen molar-refractivity contribution in [2.45, 2.75) is 58.7 Å². The lowest BCUT2D eigenvalue weighted by Crippen LogP contribution is -2.55. The average molecular weight is 310 g/mol. The predicted molar refractivity (Wildman–Crippen MR) is 90.7 cm³/mol. The summed E-state index contributed by atoms with van der Waals surface area (Å²) in [5, 5.41) is 0. The third kappa shape index (κ3) is 4.21. The second-order valence-electron chi connectivity index (χ2n) is 7.45. The van der Waals surface area contributed by atoms with Gasteiger partial charge in [-0.25, -0.2) is 0 Å². The van der Waals surface area contributed by atoms with Crippen LogP contribution in [-0.4, -0.2) is 78.0 Å². The highest BCUT2D eigenvalue weighted by molar-refractivity contribution is 5.82. The fraction of sp³-hybridized carbons (Fsp3) is 0.941. The summed E-state index contributed by atoms with van der Waals surface area (Å²) in [6.45, 7) is 14.6. The Morgan fingerprint density at radius 1 is 1.05 bits per heavy atom. The quantitative estimate of drug-likeness (QED) is 0.823. The maximum absolute atomic E-state index is 12.3. The van der Waals surface area contributed by atoms with Gasteiger partial charge in [-0.15, -0.1) is 0 Å². The zero-order valence-electron chi connectivity index (χ0n) is 14.8. The van der Waals surface area contributed by atoms with E-state index in [9.17, 15) is 4.79 Å². The van der Waals surface area contributed by atoms with Crippen molar-refractivity contribution < 1.29 is 4.79 Å². The van der Waals surface area contributed by atoms with Crippen molar-refractivity contribution in [3.63, 3.8) is 0 Å². The van der Waals surface area contributed by atoms with Gasteiger partial charge in [0.2, 0.25) is 5.91 Å². The number of likely N-dealkylation sites (tertiary alicyclic amines) is 1. The molecule has 0 aliphatic carbocycles. The molecule has 2 heterocycles. The molecule has 0 radical (unpaired) electrons. The van der Waals surface area contributed by atoms with Gasteiger partial charge in [0.05, 0.1) is 6.04 Å². The summed E-state index contributed by atoms with van der Waals surface area (Å²) in [6.07, 6.45) is 2.66. The van der Waals surface area contributed by atoms with Crippen LogP contribution in [0, 0.1) is 5.92 Å². The monoisotopic (exact) mass is 310 g/mol. The van der Waals surface area contributed by atoms with Crippen molar-refractivity contribution >= 4 is 5.91 Å². The van der Waals surface area contributed by atoms with Gasteiger partial charge in [0.25, 0.3) is 0 Å². The highest BCUT2D eigenvalue weighted by Gasteiger charge is 2.29. The van der Waals surface area contributed by atoms with E-state index in [4.69, 9.17) is 5.73 Å². The Bertz CT molecular complexity index is 356. The Morgan fingerprint density at radius 3 is 2.09 bits per heavy atom. The number of nitrogens with two attached hydrogens (primary N) is 1. The molecule has 2 aliphatic rings. The maximum atomic E-state index is 12.3. The predicted octanol–water partition coefficient (Wildman–Crippen LogP) is 0.987. The number of hydrogen-bond donors (Lipinski definition) is 1. The van der Waals surface area contributed by atoms with Crippen LogP contribution in [0.1, 0.15) is 40.5 Å². The summed E-state index contributed by atoms with van der Waals surface area (Å²) in [6, 6.07) is 1.10. The van der Waals surface area contributed by atoms with Gasteiger partial charge in [0.1, 0.15) is 0 Å². The molecule has 2 saturated heterocycles. The zero-order valence-corrected chi connectivity index (χ0v) is 14.8. The van der Waals surface area contributed by atoms with Crippen molar-refractivity contribution in [3.8, 4) is 0 Å². The number of piperazine rings is 1. The molecule has 2 aliphatic heterocycles. The Morgan fingerprint density at radius 2 is 1.59 bits per heavy atom. The van der Waals surface area contributed by atoms with Gasteiger partial charge in [0.15, 0.2) is 0 Å². The van der Waals surface area contributed by atoms with Gasteiger partial charge >= 0.3 is 0 Å². The summed E-state index contributed by atoms with van der Waals surface area (Å²) in [5.74, 6) is 0.333. The lowest BCUT2D eigenvalue weighted by atomic mass is 10.0. The second kappa shape index (κ2) is 7.75. The third-order valence-corrected chi connectivity index (χ3v) is 5.50. The Balaban J connectivity index is 1.72. The highest BCUT2D eigenvalue weighted by Crippen LogP contribution is 2.22. The molecule has 0 saturated carbocycles. The first-order valence-corrected chi connectivity index (χ1v) is 8.92. The van der Waals surface area contributed by atoms with Gasteiger partial charge in [0, 0.05) is 51.4 Å². The molecule has 128 valence electrons. The third-order valence-electron chi connectivity index (χ3n) is 5.50. The molecule has 2 rings (SSSR count). The van der Waals surface area contributed by atoms with Crippen LogP contribution < -0.4 is 5.73 Å². The molecular weight excluding hydrogens is 276 g/mol. The van der Waals surface area contributed by atoms with Crippen LogP contribution in [0.3, 0.4) is 0 Å². The number of rotatable bonds is 5. The summed E-state index contributed by atoms with van der Waals surface area (Å²) >= 11 is 0. The van der Waals surface area contributed by atoms with Crippen molar-refractivity contribution in [3.05, 3.63) is 0 Å². The summed E-state index contributed by atoms with van der Waals surface area (Å²) in [4.78, 5) is 19.3. The first-order valence-electron chi connectivity index (χ1n) is 8.92. The zero-order chi connectivity index (χ0) is 16.3. The van der Waals surface area contributed by atoms with E-state index in [1.54, 1.807) is 0 Å². The second-order valence-corrected chi connectivity index (χ2v) is 7.45. The molecule has 22 heavy (non-hydrogen) atoms. The molecule has 0 aromatic rings. The first kappa shape index (κ1) is 17.7. The van der Waals surface area contributed by atoms with E-state index in [1.165, 1.54) is 12.8 Å². The summed E-state index contributed by atoms with van der Waals surface area (Å²) < 4.78 is 0. The minimum Gasteiger partial charge on any atom is -0.339 e. The standard InChI is InChI=1S/C17H34N4O/c1-13(2)16(18)17(22)20-10-7-19(8-11-20)9-12-21-14(3)5-6-15(21)4/h13-16H,5-12,18H2,1-4H3/t14-,15-,16-/m0/s1. The van der Waals surface area contributed by atoms with Crippen molar-refractivity contribution in [1.29, 1.82) is 0 Å². The molecule has 0 aromatic carbocycles. The first-order chi connectivity index (χ1) is 10.4.